The molecule has 0 amide bonds. The minimum atomic E-state index is -0.234. The van der Waals surface area contributed by atoms with E-state index in [9.17, 15) is 4.39 Å². The number of hydrogen-bond acceptors (Lipinski definition) is 2. The summed E-state index contributed by atoms with van der Waals surface area (Å²) < 4.78 is 16.1. The summed E-state index contributed by atoms with van der Waals surface area (Å²) in [6.07, 6.45) is 5.10. The number of nitrogens with zero attached hydrogens (tertiary/aromatic N) is 4. The molecule has 0 aliphatic carbocycles. The van der Waals surface area contributed by atoms with Crippen LogP contribution < -0.4 is 5.32 Å². The lowest BCUT2D eigenvalue weighted by Crippen LogP contribution is -2.39. The third kappa shape index (κ3) is 3.77. The van der Waals surface area contributed by atoms with E-state index in [1.807, 2.05) is 17.9 Å². The van der Waals surface area contributed by atoms with Crippen molar-refractivity contribution in [2.45, 2.75) is 18.9 Å². The minimum absolute atomic E-state index is 0.234. The van der Waals surface area contributed by atoms with E-state index in [1.54, 1.807) is 13.1 Å². The van der Waals surface area contributed by atoms with E-state index in [0.717, 1.165) is 35.5 Å². The van der Waals surface area contributed by atoms with Crippen LogP contribution in [0.25, 0.3) is 0 Å². The summed E-state index contributed by atoms with van der Waals surface area (Å²) in [5, 5.41) is 7.59. The lowest BCUT2D eigenvalue weighted by atomic mass is 10.0. The number of halogens is 2. The SMILES string of the molecule is CN=C(NCc1cc(F)ccc1Br)N1CCC(c2cnn(C)c2)C1. The van der Waals surface area contributed by atoms with Gasteiger partial charge in [-0.1, -0.05) is 15.9 Å². The normalized spacial score (nSPS) is 18.2. The zero-order valence-corrected chi connectivity index (χ0v) is 15.4. The van der Waals surface area contributed by atoms with Crippen molar-refractivity contribution in [2.75, 3.05) is 20.1 Å². The van der Waals surface area contributed by atoms with Gasteiger partial charge in [0.25, 0.3) is 0 Å². The second-order valence-corrected chi connectivity index (χ2v) is 6.87. The van der Waals surface area contributed by atoms with Gasteiger partial charge >= 0.3 is 0 Å². The van der Waals surface area contributed by atoms with E-state index in [-0.39, 0.29) is 5.82 Å². The van der Waals surface area contributed by atoms with Crippen molar-refractivity contribution in [1.29, 1.82) is 0 Å². The Kier molecular flexibility index (Phi) is 5.18. The zero-order valence-electron chi connectivity index (χ0n) is 13.8. The first-order chi connectivity index (χ1) is 11.6. The second-order valence-electron chi connectivity index (χ2n) is 6.02. The molecule has 2 heterocycles. The van der Waals surface area contributed by atoms with Crippen LogP contribution in [0.15, 0.2) is 40.1 Å². The molecule has 0 bridgehead atoms. The zero-order chi connectivity index (χ0) is 17.1. The number of aromatic nitrogens is 2. The van der Waals surface area contributed by atoms with Gasteiger partial charge in [0.1, 0.15) is 5.82 Å². The number of hydrogen-bond donors (Lipinski definition) is 1. The summed E-state index contributed by atoms with van der Waals surface area (Å²) in [5.74, 6) is 1.08. The highest BCUT2D eigenvalue weighted by Crippen LogP contribution is 2.26. The predicted octanol–water partition coefficient (Wildman–Crippen LogP) is 2.89. The third-order valence-electron chi connectivity index (χ3n) is 4.34. The van der Waals surface area contributed by atoms with Gasteiger partial charge in [-0.2, -0.15) is 5.10 Å². The lowest BCUT2D eigenvalue weighted by molar-refractivity contribution is 0.485. The minimum Gasteiger partial charge on any atom is -0.352 e. The number of aryl methyl sites for hydroxylation is 1. The van der Waals surface area contributed by atoms with Crippen LogP contribution in [-0.4, -0.2) is 40.8 Å². The van der Waals surface area contributed by atoms with Crippen LogP contribution in [-0.2, 0) is 13.6 Å². The summed E-state index contributed by atoms with van der Waals surface area (Å²) in [6, 6.07) is 4.71. The molecule has 1 fully saturated rings. The Labute approximate surface area is 149 Å². The molecular weight excluding hydrogens is 373 g/mol. The molecule has 1 saturated heterocycles. The van der Waals surface area contributed by atoms with Crippen LogP contribution in [0.1, 0.15) is 23.5 Å². The fourth-order valence-electron chi connectivity index (χ4n) is 3.06. The van der Waals surface area contributed by atoms with Gasteiger partial charge < -0.3 is 10.2 Å². The number of likely N-dealkylation sites (tertiary alicyclic amines) is 1. The molecule has 128 valence electrons. The Morgan fingerprint density at radius 1 is 1.50 bits per heavy atom. The molecule has 3 rings (SSSR count). The van der Waals surface area contributed by atoms with Gasteiger partial charge in [0.15, 0.2) is 5.96 Å². The number of aliphatic imine (C=N–C) groups is 1. The predicted molar refractivity (Wildman–Crippen MR) is 96.4 cm³/mol. The summed E-state index contributed by atoms with van der Waals surface area (Å²) in [7, 11) is 3.72. The van der Waals surface area contributed by atoms with Crippen molar-refractivity contribution in [1.82, 2.24) is 20.0 Å². The quantitative estimate of drug-likeness (QED) is 0.643. The van der Waals surface area contributed by atoms with Crippen molar-refractivity contribution in [3.8, 4) is 0 Å². The van der Waals surface area contributed by atoms with Crippen molar-refractivity contribution < 1.29 is 4.39 Å². The van der Waals surface area contributed by atoms with Gasteiger partial charge in [-0.3, -0.25) is 9.67 Å². The van der Waals surface area contributed by atoms with Gasteiger partial charge in [-0.15, -0.1) is 0 Å². The Bertz CT molecular complexity index is 742. The van der Waals surface area contributed by atoms with Crippen molar-refractivity contribution in [2.24, 2.45) is 12.0 Å². The Morgan fingerprint density at radius 2 is 2.33 bits per heavy atom. The van der Waals surface area contributed by atoms with Gasteiger partial charge in [-0.25, -0.2) is 4.39 Å². The highest BCUT2D eigenvalue weighted by atomic mass is 79.9. The van der Waals surface area contributed by atoms with Crippen molar-refractivity contribution >= 4 is 21.9 Å². The topological polar surface area (TPSA) is 45.5 Å². The lowest BCUT2D eigenvalue weighted by Gasteiger charge is -2.22. The van der Waals surface area contributed by atoms with E-state index < -0.39 is 0 Å². The summed E-state index contributed by atoms with van der Waals surface area (Å²) in [6.45, 7) is 2.39. The smallest absolute Gasteiger partial charge is 0.193 e. The van der Waals surface area contributed by atoms with E-state index in [0.29, 0.717) is 12.5 Å². The molecule has 2 aromatic rings. The first kappa shape index (κ1) is 17.0. The molecular formula is C17H21BrFN5. The van der Waals surface area contributed by atoms with Crippen molar-refractivity contribution in [3.05, 3.63) is 52.0 Å². The number of guanidine groups is 1. The Balaban J connectivity index is 1.62. The van der Waals surface area contributed by atoms with E-state index >= 15 is 0 Å². The maximum absolute atomic E-state index is 13.4. The molecule has 0 spiro atoms. The van der Waals surface area contributed by atoms with E-state index in [2.05, 4.69) is 42.4 Å². The maximum atomic E-state index is 13.4. The fourth-order valence-corrected chi connectivity index (χ4v) is 3.45. The van der Waals surface area contributed by atoms with Crippen LogP contribution in [0, 0.1) is 5.82 Å². The second kappa shape index (κ2) is 7.34. The number of rotatable bonds is 3. The van der Waals surface area contributed by atoms with Gasteiger partial charge in [0.05, 0.1) is 6.20 Å². The van der Waals surface area contributed by atoms with Gasteiger partial charge in [0, 0.05) is 50.3 Å². The Morgan fingerprint density at radius 3 is 3.04 bits per heavy atom. The molecule has 1 atom stereocenters. The molecule has 24 heavy (non-hydrogen) atoms. The third-order valence-corrected chi connectivity index (χ3v) is 5.11. The molecule has 0 radical (unpaired) electrons. The molecule has 5 nitrogen and oxygen atoms in total. The van der Waals surface area contributed by atoms with Crippen LogP contribution >= 0.6 is 15.9 Å². The molecule has 1 unspecified atom stereocenters. The van der Waals surface area contributed by atoms with Crippen LogP contribution in [0.2, 0.25) is 0 Å². The molecule has 7 heteroatoms. The molecule has 1 N–H and O–H groups in total. The summed E-state index contributed by atoms with van der Waals surface area (Å²) in [4.78, 5) is 6.61. The first-order valence-electron chi connectivity index (χ1n) is 7.95. The first-order valence-corrected chi connectivity index (χ1v) is 8.74. The van der Waals surface area contributed by atoms with Crippen LogP contribution in [0.4, 0.5) is 4.39 Å². The summed E-state index contributed by atoms with van der Waals surface area (Å²) >= 11 is 3.46. The molecule has 1 aromatic heterocycles. The van der Waals surface area contributed by atoms with Crippen LogP contribution in [0.3, 0.4) is 0 Å². The van der Waals surface area contributed by atoms with Crippen LogP contribution in [0.5, 0.6) is 0 Å². The van der Waals surface area contributed by atoms with E-state index in [1.165, 1.54) is 17.7 Å². The highest BCUT2D eigenvalue weighted by Gasteiger charge is 2.26. The standard InChI is InChI=1S/C17H21BrFN5/c1-20-17(21-8-13-7-15(19)3-4-16(13)18)24-6-5-12(11-24)14-9-22-23(2)10-14/h3-4,7,9-10,12H,5-6,8,11H2,1-2H3,(H,20,21). The van der Waals surface area contributed by atoms with E-state index in [4.69, 9.17) is 0 Å². The fraction of sp³-hybridized carbons (Fsp3) is 0.412. The molecule has 1 aliphatic heterocycles. The average Bonchev–Trinajstić information content (AvgIpc) is 3.20. The van der Waals surface area contributed by atoms with Crippen molar-refractivity contribution in [3.63, 3.8) is 0 Å². The number of nitrogens with one attached hydrogen (secondary N) is 1. The maximum Gasteiger partial charge on any atom is 0.193 e. The molecule has 1 aliphatic rings. The Hall–Kier alpha value is -1.89. The molecule has 1 aromatic carbocycles. The largest absolute Gasteiger partial charge is 0.352 e. The average molecular weight is 394 g/mol. The highest BCUT2D eigenvalue weighted by molar-refractivity contribution is 9.10. The summed E-state index contributed by atoms with van der Waals surface area (Å²) in [5.41, 5.74) is 2.14. The number of benzene rings is 1. The van der Waals surface area contributed by atoms with Gasteiger partial charge in [-0.05, 0) is 35.7 Å². The van der Waals surface area contributed by atoms with Gasteiger partial charge in [0.2, 0.25) is 0 Å². The molecule has 0 saturated carbocycles. The monoisotopic (exact) mass is 393 g/mol.